The number of nitrogens with zero attached hydrogens (tertiary/aromatic N) is 2. The summed E-state index contributed by atoms with van der Waals surface area (Å²) in [6, 6.07) is 6.27. The molecule has 0 saturated carbocycles. The van der Waals surface area contributed by atoms with Crippen LogP contribution in [0.3, 0.4) is 0 Å². The number of sulfonamides is 1. The van der Waals surface area contributed by atoms with Gasteiger partial charge < -0.3 is 9.80 Å². The minimum atomic E-state index is -3.28. The van der Waals surface area contributed by atoms with Crippen LogP contribution in [0.5, 0.6) is 0 Å². The van der Waals surface area contributed by atoms with Crippen LogP contribution in [0.25, 0.3) is 0 Å². The highest BCUT2D eigenvalue weighted by atomic mass is 32.2. The molecule has 0 radical (unpaired) electrons. The van der Waals surface area contributed by atoms with Crippen LogP contribution in [0.4, 0.5) is 17.1 Å². The SMILES string of the molecule is CCCCS(=O)(=O)Nc1cc(N2CCCC2)ccc1N1CCCC1. The summed E-state index contributed by atoms with van der Waals surface area (Å²) < 4.78 is 27.7. The van der Waals surface area contributed by atoms with Crippen LogP contribution in [0, 0.1) is 0 Å². The molecule has 1 aromatic rings. The molecule has 5 nitrogen and oxygen atoms in total. The number of benzene rings is 1. The van der Waals surface area contributed by atoms with Gasteiger partial charge in [0.1, 0.15) is 0 Å². The maximum Gasteiger partial charge on any atom is 0.232 e. The summed E-state index contributed by atoms with van der Waals surface area (Å²) in [5.74, 6) is 0.191. The Kier molecular flexibility index (Phi) is 5.54. The van der Waals surface area contributed by atoms with E-state index in [1.165, 1.54) is 25.7 Å². The number of rotatable bonds is 7. The number of anilines is 3. The van der Waals surface area contributed by atoms with E-state index >= 15 is 0 Å². The van der Waals surface area contributed by atoms with Gasteiger partial charge in [-0.1, -0.05) is 13.3 Å². The average Bonchev–Trinajstić information content (AvgIpc) is 3.26. The molecule has 134 valence electrons. The van der Waals surface area contributed by atoms with Gasteiger partial charge in [0.25, 0.3) is 0 Å². The highest BCUT2D eigenvalue weighted by Crippen LogP contribution is 2.34. The third kappa shape index (κ3) is 4.15. The van der Waals surface area contributed by atoms with Crippen molar-refractivity contribution in [2.24, 2.45) is 0 Å². The molecule has 0 amide bonds. The van der Waals surface area contributed by atoms with Gasteiger partial charge in [0.15, 0.2) is 0 Å². The second kappa shape index (κ2) is 7.64. The Morgan fingerprint density at radius 2 is 1.62 bits per heavy atom. The Bertz CT molecular complexity index is 648. The van der Waals surface area contributed by atoms with Gasteiger partial charge in [-0.15, -0.1) is 0 Å². The molecule has 3 rings (SSSR count). The minimum Gasteiger partial charge on any atom is -0.371 e. The molecule has 0 aliphatic carbocycles. The molecule has 0 spiro atoms. The van der Waals surface area contributed by atoms with Gasteiger partial charge in [0.2, 0.25) is 10.0 Å². The molecule has 2 fully saturated rings. The van der Waals surface area contributed by atoms with E-state index < -0.39 is 10.0 Å². The molecular formula is C18H29N3O2S. The van der Waals surface area contributed by atoms with Crippen LogP contribution in [-0.2, 0) is 10.0 Å². The second-order valence-corrected chi connectivity index (χ2v) is 8.71. The van der Waals surface area contributed by atoms with E-state index in [2.05, 4.69) is 26.7 Å². The number of unbranched alkanes of at least 4 members (excludes halogenated alkanes) is 1. The van der Waals surface area contributed by atoms with E-state index in [4.69, 9.17) is 0 Å². The van der Waals surface area contributed by atoms with Crippen molar-refractivity contribution in [2.45, 2.75) is 45.4 Å². The molecule has 6 heteroatoms. The molecule has 0 aromatic heterocycles. The van der Waals surface area contributed by atoms with Crippen molar-refractivity contribution < 1.29 is 8.42 Å². The molecule has 2 aliphatic heterocycles. The van der Waals surface area contributed by atoms with Crippen molar-refractivity contribution in [2.75, 3.05) is 46.5 Å². The minimum absolute atomic E-state index is 0.191. The van der Waals surface area contributed by atoms with Crippen molar-refractivity contribution in [3.8, 4) is 0 Å². The Morgan fingerprint density at radius 3 is 2.25 bits per heavy atom. The van der Waals surface area contributed by atoms with E-state index in [-0.39, 0.29) is 5.75 Å². The van der Waals surface area contributed by atoms with Crippen molar-refractivity contribution >= 4 is 27.1 Å². The largest absolute Gasteiger partial charge is 0.371 e. The summed E-state index contributed by atoms with van der Waals surface area (Å²) in [5.41, 5.74) is 2.90. The van der Waals surface area contributed by atoms with Crippen LogP contribution >= 0.6 is 0 Å². The van der Waals surface area contributed by atoms with E-state index in [1.807, 2.05) is 13.0 Å². The number of nitrogens with one attached hydrogen (secondary N) is 1. The molecule has 1 N–H and O–H groups in total. The lowest BCUT2D eigenvalue weighted by Crippen LogP contribution is -2.23. The van der Waals surface area contributed by atoms with Gasteiger partial charge in [-0.3, -0.25) is 4.72 Å². The van der Waals surface area contributed by atoms with Crippen LogP contribution < -0.4 is 14.5 Å². The van der Waals surface area contributed by atoms with Crippen LogP contribution in [-0.4, -0.2) is 40.3 Å². The fourth-order valence-electron chi connectivity index (χ4n) is 3.56. The molecular weight excluding hydrogens is 322 g/mol. The maximum atomic E-state index is 12.4. The normalized spacial score (nSPS) is 18.4. The molecule has 0 atom stereocenters. The van der Waals surface area contributed by atoms with Crippen molar-refractivity contribution in [3.63, 3.8) is 0 Å². The quantitative estimate of drug-likeness (QED) is 0.818. The Balaban J connectivity index is 1.87. The topological polar surface area (TPSA) is 52.7 Å². The molecule has 0 bridgehead atoms. The first-order valence-corrected chi connectivity index (χ1v) is 10.9. The van der Waals surface area contributed by atoms with E-state index in [1.54, 1.807) is 0 Å². The van der Waals surface area contributed by atoms with Gasteiger partial charge >= 0.3 is 0 Å². The van der Waals surface area contributed by atoms with Crippen LogP contribution in [0.1, 0.15) is 45.4 Å². The Labute approximate surface area is 146 Å². The van der Waals surface area contributed by atoms with Gasteiger partial charge in [-0.2, -0.15) is 0 Å². The van der Waals surface area contributed by atoms with Gasteiger partial charge in [-0.25, -0.2) is 8.42 Å². The first-order valence-electron chi connectivity index (χ1n) is 9.23. The second-order valence-electron chi connectivity index (χ2n) is 6.86. The van der Waals surface area contributed by atoms with Crippen LogP contribution in [0.15, 0.2) is 18.2 Å². The summed E-state index contributed by atoms with van der Waals surface area (Å²) in [6.45, 7) is 6.15. The highest BCUT2D eigenvalue weighted by Gasteiger charge is 2.21. The summed E-state index contributed by atoms with van der Waals surface area (Å²) in [7, 11) is -3.28. The first kappa shape index (κ1) is 17.4. The van der Waals surface area contributed by atoms with Crippen molar-refractivity contribution in [1.82, 2.24) is 0 Å². The third-order valence-electron chi connectivity index (χ3n) is 4.93. The van der Waals surface area contributed by atoms with Crippen molar-refractivity contribution in [1.29, 1.82) is 0 Å². The standard InChI is InChI=1S/C18H29N3O2S/c1-2-3-14-24(22,23)19-17-15-16(20-10-4-5-11-20)8-9-18(17)21-12-6-7-13-21/h8-9,15,19H,2-7,10-14H2,1H3. The first-order chi connectivity index (χ1) is 11.6. The lowest BCUT2D eigenvalue weighted by Gasteiger charge is -2.25. The average molecular weight is 352 g/mol. The molecule has 2 aliphatic rings. The fraction of sp³-hybridized carbons (Fsp3) is 0.667. The molecule has 2 heterocycles. The zero-order valence-electron chi connectivity index (χ0n) is 14.6. The Hall–Kier alpha value is -1.43. The number of hydrogen-bond acceptors (Lipinski definition) is 4. The monoisotopic (exact) mass is 351 g/mol. The smallest absolute Gasteiger partial charge is 0.232 e. The summed E-state index contributed by atoms with van der Waals surface area (Å²) in [6.07, 6.45) is 6.36. The van der Waals surface area contributed by atoms with Gasteiger partial charge in [0, 0.05) is 31.9 Å². The summed E-state index contributed by atoms with van der Waals surface area (Å²) >= 11 is 0. The maximum absolute atomic E-state index is 12.4. The van der Waals surface area contributed by atoms with Crippen molar-refractivity contribution in [3.05, 3.63) is 18.2 Å². The zero-order valence-corrected chi connectivity index (χ0v) is 15.4. The zero-order chi connectivity index (χ0) is 17.0. The highest BCUT2D eigenvalue weighted by molar-refractivity contribution is 7.92. The lowest BCUT2D eigenvalue weighted by molar-refractivity contribution is 0.598. The lowest BCUT2D eigenvalue weighted by atomic mass is 10.2. The van der Waals surface area contributed by atoms with Gasteiger partial charge in [0.05, 0.1) is 17.1 Å². The Morgan fingerprint density at radius 1 is 1.00 bits per heavy atom. The molecule has 2 saturated heterocycles. The fourth-order valence-corrected chi connectivity index (χ4v) is 4.83. The molecule has 24 heavy (non-hydrogen) atoms. The molecule has 0 unspecified atom stereocenters. The summed E-state index contributed by atoms with van der Waals surface area (Å²) in [5, 5.41) is 0. The van der Waals surface area contributed by atoms with Crippen LogP contribution in [0.2, 0.25) is 0 Å². The predicted octanol–water partition coefficient (Wildman–Crippen LogP) is 3.43. The number of hydrogen-bond donors (Lipinski definition) is 1. The predicted molar refractivity (Wildman–Crippen MR) is 102 cm³/mol. The van der Waals surface area contributed by atoms with E-state index in [0.717, 1.165) is 49.7 Å². The third-order valence-corrected chi connectivity index (χ3v) is 6.29. The summed E-state index contributed by atoms with van der Waals surface area (Å²) in [4.78, 5) is 4.64. The van der Waals surface area contributed by atoms with E-state index in [9.17, 15) is 8.42 Å². The van der Waals surface area contributed by atoms with Gasteiger partial charge in [-0.05, 0) is 50.3 Å². The van der Waals surface area contributed by atoms with E-state index in [0.29, 0.717) is 6.42 Å². The molecule has 1 aromatic carbocycles.